The topological polar surface area (TPSA) is 109 Å². The van der Waals surface area contributed by atoms with Crippen LogP contribution in [0.25, 0.3) is 0 Å². The van der Waals surface area contributed by atoms with Crippen LogP contribution < -0.4 is 19.7 Å². The molecule has 2 saturated carbocycles. The van der Waals surface area contributed by atoms with Gasteiger partial charge in [-0.15, -0.1) is 4.36 Å². The van der Waals surface area contributed by atoms with E-state index in [1.165, 1.54) is 11.1 Å². The van der Waals surface area contributed by atoms with E-state index in [1.807, 2.05) is 25.1 Å². The van der Waals surface area contributed by atoms with Crippen LogP contribution in [0.5, 0.6) is 5.75 Å². The van der Waals surface area contributed by atoms with Crippen molar-refractivity contribution in [2.45, 2.75) is 75.9 Å². The van der Waals surface area contributed by atoms with Gasteiger partial charge in [-0.05, 0) is 111 Å². The molecule has 0 unspecified atom stereocenters. The minimum absolute atomic E-state index is 0.0348. The molecule has 47 heavy (non-hydrogen) atoms. The predicted molar refractivity (Wildman–Crippen MR) is 185 cm³/mol. The number of amides is 3. The molecular formula is C36H45ClN4O5S. The Hall–Kier alpha value is -3.08. The predicted octanol–water partition coefficient (Wildman–Crippen LogP) is 6.44. The normalized spacial score (nSPS) is 32.8. The van der Waals surface area contributed by atoms with Crippen molar-refractivity contribution in [3.63, 3.8) is 0 Å². The summed E-state index contributed by atoms with van der Waals surface area (Å²) < 4.78 is 33.7. The number of carbonyl (C=O) groups excluding carboxylic acids is 2. The van der Waals surface area contributed by atoms with Crippen molar-refractivity contribution in [2.24, 2.45) is 22.1 Å². The van der Waals surface area contributed by atoms with Crippen molar-refractivity contribution < 1.29 is 23.3 Å². The van der Waals surface area contributed by atoms with Gasteiger partial charge in [0.1, 0.15) is 15.7 Å². The Kier molecular flexibility index (Phi) is 9.04. The first-order chi connectivity index (χ1) is 22.6. The number of carbonyl (C=O) groups is 2. The molecule has 2 aromatic carbocycles. The molecule has 2 fully saturated rings. The minimum atomic E-state index is -3.42. The Morgan fingerprint density at radius 2 is 2.02 bits per heavy atom. The lowest BCUT2D eigenvalue weighted by Gasteiger charge is -2.46. The minimum Gasteiger partial charge on any atom is -0.490 e. The van der Waals surface area contributed by atoms with Crippen LogP contribution >= 0.6 is 11.6 Å². The molecule has 7 rings (SSSR count). The molecule has 2 aliphatic heterocycles. The number of methoxy groups -OCH3 is 1. The second-order valence-corrected chi connectivity index (χ2v) is 16.7. The summed E-state index contributed by atoms with van der Waals surface area (Å²) in [7, 11) is -1.65. The van der Waals surface area contributed by atoms with Gasteiger partial charge in [-0.2, -0.15) is 0 Å². The largest absolute Gasteiger partial charge is 0.490 e. The maximum absolute atomic E-state index is 14.2. The molecular weight excluding hydrogens is 636 g/mol. The first-order valence-electron chi connectivity index (χ1n) is 17.0. The van der Waals surface area contributed by atoms with Crippen molar-refractivity contribution >= 4 is 39.1 Å². The number of anilines is 1. The highest BCUT2D eigenvalue weighted by Crippen LogP contribution is 2.47. The Balaban J connectivity index is 1.29. The number of hydrogen-bond donors (Lipinski definition) is 2. The smallest absolute Gasteiger partial charge is 0.327 e. The molecule has 2 heterocycles. The standard InChI is InChI=1S/C36H45ClN4O5S/c1-23-5-3-7-32(45-2)29-13-8-26(29)19-41-21-36(16-4-6-24-17-27(37)10-14-30(24)36)22-46-33-15-9-25(18-31(33)41)34(42)39-47(44,20-23)40-35(43)38-28-11-12-28/h3,7,9-10,14-15,17-18,23,26,28-29,32H,4-6,8,11-13,16,19-22H2,1-2H3,(H2,38,39,40,42,43,44)/b7-3+/t23-,26-,29+,32-,36-,47-/m0/s1. The van der Waals surface area contributed by atoms with Gasteiger partial charge in [0.05, 0.1) is 24.2 Å². The zero-order chi connectivity index (χ0) is 32.8. The molecule has 252 valence electrons. The summed E-state index contributed by atoms with van der Waals surface area (Å²) in [5.74, 6) is 0.824. The van der Waals surface area contributed by atoms with Gasteiger partial charge in [0, 0.05) is 42.2 Å². The second kappa shape index (κ2) is 13.1. The average Bonchev–Trinajstić information content (AvgIpc) is 3.85. The third kappa shape index (κ3) is 6.92. The number of halogens is 1. The molecule has 11 heteroatoms. The second-order valence-electron chi connectivity index (χ2n) is 14.3. The molecule has 2 aromatic rings. The Morgan fingerprint density at radius 3 is 2.79 bits per heavy atom. The first-order valence-corrected chi connectivity index (χ1v) is 19.1. The quantitative estimate of drug-likeness (QED) is 0.362. The zero-order valence-electron chi connectivity index (χ0n) is 27.2. The fraction of sp³-hybridized carbons (Fsp3) is 0.556. The molecule has 2 bridgehead atoms. The van der Waals surface area contributed by atoms with Crippen LogP contribution in [0.3, 0.4) is 0 Å². The number of urea groups is 1. The molecule has 0 saturated heterocycles. The zero-order valence-corrected chi connectivity index (χ0v) is 28.8. The van der Waals surface area contributed by atoms with E-state index in [0.717, 1.165) is 74.5 Å². The van der Waals surface area contributed by atoms with Crippen molar-refractivity contribution in [1.82, 2.24) is 10.0 Å². The number of ether oxygens (including phenoxy) is 2. The van der Waals surface area contributed by atoms with E-state index in [2.05, 4.69) is 43.6 Å². The lowest BCUT2D eigenvalue weighted by Crippen LogP contribution is -2.49. The van der Waals surface area contributed by atoms with E-state index in [-0.39, 0.29) is 29.2 Å². The molecule has 9 nitrogen and oxygen atoms in total. The lowest BCUT2D eigenvalue weighted by molar-refractivity contribution is 0.0131. The van der Waals surface area contributed by atoms with Crippen molar-refractivity contribution in [2.75, 3.05) is 37.5 Å². The summed E-state index contributed by atoms with van der Waals surface area (Å²) >= 11 is 6.44. The molecule has 2 N–H and O–H groups in total. The van der Waals surface area contributed by atoms with E-state index in [0.29, 0.717) is 30.4 Å². The van der Waals surface area contributed by atoms with Gasteiger partial charge in [0.15, 0.2) is 0 Å². The number of nitrogens with one attached hydrogen (secondary N) is 2. The molecule has 3 amide bonds. The molecule has 5 aliphatic rings. The summed E-state index contributed by atoms with van der Waals surface area (Å²) in [6.07, 6.45) is 11.8. The number of rotatable bonds is 3. The number of benzene rings is 2. The summed E-state index contributed by atoms with van der Waals surface area (Å²) in [5.41, 5.74) is 3.48. The van der Waals surface area contributed by atoms with Crippen LogP contribution in [0.15, 0.2) is 52.9 Å². The Bertz CT molecular complexity index is 1700. The van der Waals surface area contributed by atoms with E-state index < -0.39 is 21.9 Å². The number of fused-ring (bicyclic) bond motifs is 4. The number of hydrogen-bond acceptors (Lipinski definition) is 6. The lowest BCUT2D eigenvalue weighted by atomic mass is 9.68. The maximum Gasteiger partial charge on any atom is 0.327 e. The van der Waals surface area contributed by atoms with Crippen molar-refractivity contribution in [1.29, 1.82) is 0 Å². The SMILES string of the molecule is CO[C@H]1/C=C/C[C@H](C)C[S@@](=O)(NC(=O)NC2CC2)=NC(=O)c2ccc3c(c2)N(C[C@@H]2CC[C@H]21)C[C@@]1(CCCc2cc(Cl)ccc21)CO3. The summed E-state index contributed by atoms with van der Waals surface area (Å²) in [4.78, 5) is 29.0. The van der Waals surface area contributed by atoms with Crippen LogP contribution in [-0.2, 0) is 26.5 Å². The van der Waals surface area contributed by atoms with Gasteiger partial charge < -0.3 is 19.7 Å². The van der Waals surface area contributed by atoms with Crippen LogP contribution in [0.2, 0.25) is 5.02 Å². The fourth-order valence-electron chi connectivity index (χ4n) is 7.95. The van der Waals surface area contributed by atoms with Crippen molar-refractivity contribution in [3.8, 4) is 5.75 Å². The van der Waals surface area contributed by atoms with Crippen LogP contribution in [-0.4, -0.2) is 60.9 Å². The van der Waals surface area contributed by atoms with E-state index in [1.54, 1.807) is 13.2 Å². The van der Waals surface area contributed by atoms with Gasteiger partial charge in [-0.25, -0.2) is 9.00 Å². The third-order valence-corrected chi connectivity index (χ3v) is 12.9. The van der Waals surface area contributed by atoms with Gasteiger partial charge in [-0.1, -0.05) is 36.7 Å². The third-order valence-electron chi connectivity index (χ3n) is 10.7. The van der Waals surface area contributed by atoms with Crippen LogP contribution in [0.1, 0.15) is 73.4 Å². The maximum atomic E-state index is 14.2. The molecule has 1 spiro atoms. The Labute approximate surface area is 283 Å². The highest BCUT2D eigenvalue weighted by molar-refractivity contribution is 7.92. The van der Waals surface area contributed by atoms with Crippen LogP contribution in [0, 0.1) is 17.8 Å². The Morgan fingerprint density at radius 1 is 1.17 bits per heavy atom. The monoisotopic (exact) mass is 680 g/mol. The molecule has 3 aliphatic carbocycles. The van der Waals surface area contributed by atoms with Crippen molar-refractivity contribution in [3.05, 3.63) is 70.3 Å². The summed E-state index contributed by atoms with van der Waals surface area (Å²) in [6, 6.07) is 11.1. The van der Waals surface area contributed by atoms with Crippen LogP contribution in [0.4, 0.5) is 10.5 Å². The van der Waals surface area contributed by atoms with Gasteiger partial charge in [0.25, 0.3) is 5.91 Å². The van der Waals surface area contributed by atoms with Gasteiger partial charge >= 0.3 is 6.03 Å². The fourth-order valence-corrected chi connectivity index (χ4v) is 9.98. The molecule has 0 aromatic heterocycles. The molecule has 0 radical (unpaired) electrons. The number of nitrogens with zero attached hydrogens (tertiary/aromatic N) is 2. The highest BCUT2D eigenvalue weighted by Gasteiger charge is 2.44. The highest BCUT2D eigenvalue weighted by atomic mass is 35.5. The average molecular weight is 681 g/mol. The van der Waals surface area contributed by atoms with E-state index >= 15 is 0 Å². The summed E-state index contributed by atoms with van der Waals surface area (Å²) in [5, 5.41) is 3.57. The van der Waals surface area contributed by atoms with E-state index in [9.17, 15) is 13.8 Å². The first kappa shape index (κ1) is 32.5. The number of aryl methyl sites for hydroxylation is 1. The van der Waals surface area contributed by atoms with Gasteiger partial charge in [0.2, 0.25) is 0 Å². The van der Waals surface area contributed by atoms with E-state index in [4.69, 9.17) is 21.1 Å². The summed E-state index contributed by atoms with van der Waals surface area (Å²) in [6.45, 7) is 4.01. The number of allylic oxidation sites excluding steroid dienone is 1. The molecule has 6 atom stereocenters. The van der Waals surface area contributed by atoms with Gasteiger partial charge in [-0.3, -0.25) is 9.52 Å².